The van der Waals surface area contributed by atoms with Gasteiger partial charge in [0, 0.05) is 30.7 Å². The number of hydrogen-bond donors (Lipinski definition) is 1. The molecule has 0 bridgehead atoms. The van der Waals surface area contributed by atoms with E-state index in [0.29, 0.717) is 0 Å². The Kier molecular flexibility index (Phi) is 5.05. The van der Waals surface area contributed by atoms with E-state index >= 15 is 0 Å². The minimum atomic E-state index is 0.170. The molecule has 0 aliphatic carbocycles. The lowest BCUT2D eigenvalue weighted by Crippen LogP contribution is -2.18. The highest BCUT2D eigenvalue weighted by molar-refractivity contribution is 7.22. The van der Waals surface area contributed by atoms with Gasteiger partial charge in [-0.05, 0) is 61.3 Å². The maximum absolute atomic E-state index is 8.86. The topological polar surface area (TPSA) is 90.6 Å². The summed E-state index contributed by atoms with van der Waals surface area (Å²) in [5, 5.41) is 13.0. The van der Waals surface area contributed by atoms with Gasteiger partial charge < -0.3 is 5.32 Å². The number of pyridine rings is 1. The number of likely N-dealkylation sites (tertiary alicyclic amines) is 1. The second-order valence-electron chi connectivity index (χ2n) is 7.27. The van der Waals surface area contributed by atoms with Crippen molar-refractivity contribution in [1.82, 2.24) is 24.8 Å². The van der Waals surface area contributed by atoms with E-state index in [2.05, 4.69) is 48.4 Å². The van der Waals surface area contributed by atoms with E-state index in [9.17, 15) is 0 Å². The first-order chi connectivity index (χ1) is 14.8. The molecule has 0 amide bonds. The van der Waals surface area contributed by atoms with Crippen molar-refractivity contribution in [1.29, 1.82) is 5.26 Å². The van der Waals surface area contributed by atoms with Gasteiger partial charge in [-0.3, -0.25) is 4.90 Å². The summed E-state index contributed by atoms with van der Waals surface area (Å²) < 4.78 is 1.06. The molecule has 1 fully saturated rings. The van der Waals surface area contributed by atoms with Crippen molar-refractivity contribution < 1.29 is 0 Å². The molecule has 7 nitrogen and oxygen atoms in total. The molecule has 4 heterocycles. The lowest BCUT2D eigenvalue weighted by Gasteiger charge is -2.14. The van der Waals surface area contributed by atoms with Crippen molar-refractivity contribution >= 4 is 32.5 Å². The highest BCUT2D eigenvalue weighted by Crippen LogP contribution is 2.31. The first kappa shape index (κ1) is 18.6. The van der Waals surface area contributed by atoms with Crippen LogP contribution in [0.4, 0.5) is 10.9 Å². The van der Waals surface area contributed by atoms with Crippen LogP contribution in [0.5, 0.6) is 0 Å². The van der Waals surface area contributed by atoms with Crippen molar-refractivity contribution in [3.8, 4) is 17.2 Å². The van der Waals surface area contributed by atoms with E-state index in [1.54, 1.807) is 23.7 Å². The molecule has 1 N–H and O–H groups in total. The van der Waals surface area contributed by atoms with Crippen LogP contribution >= 0.6 is 11.3 Å². The summed E-state index contributed by atoms with van der Waals surface area (Å²) in [5.74, 6) is 0.982. The second kappa shape index (κ2) is 8.14. The largest absolute Gasteiger partial charge is 0.316 e. The van der Waals surface area contributed by atoms with E-state index in [0.717, 1.165) is 38.8 Å². The number of nitrogens with zero attached hydrogens (tertiary/aromatic N) is 6. The molecule has 3 aromatic heterocycles. The maximum Gasteiger partial charge on any atom is 0.232 e. The molecule has 5 rings (SSSR count). The summed E-state index contributed by atoms with van der Waals surface area (Å²) in [6.45, 7) is 3.32. The predicted octanol–water partition coefficient (Wildman–Crippen LogP) is 4.36. The van der Waals surface area contributed by atoms with E-state index in [4.69, 9.17) is 5.26 Å². The molecule has 4 aromatic rings. The zero-order valence-corrected chi connectivity index (χ0v) is 17.1. The van der Waals surface area contributed by atoms with Crippen molar-refractivity contribution in [3.63, 3.8) is 0 Å². The molecule has 1 aromatic carbocycles. The van der Waals surface area contributed by atoms with Crippen LogP contribution in [-0.2, 0) is 6.54 Å². The average molecular weight is 414 g/mol. The van der Waals surface area contributed by atoms with Gasteiger partial charge in [0.05, 0.1) is 10.2 Å². The molecule has 1 aliphatic heterocycles. The Labute approximate surface area is 178 Å². The van der Waals surface area contributed by atoms with Gasteiger partial charge in [0.15, 0.2) is 5.13 Å². The summed E-state index contributed by atoms with van der Waals surface area (Å²) in [5.41, 5.74) is 4.05. The van der Waals surface area contributed by atoms with Gasteiger partial charge in [-0.15, -0.1) is 0 Å². The fourth-order valence-electron chi connectivity index (χ4n) is 3.64. The number of hydrogen-bond acceptors (Lipinski definition) is 8. The summed E-state index contributed by atoms with van der Waals surface area (Å²) in [7, 11) is 0. The van der Waals surface area contributed by atoms with Gasteiger partial charge in [0.2, 0.25) is 5.82 Å². The number of rotatable bonds is 5. The Balaban J connectivity index is 1.35. The Bertz CT molecular complexity index is 1220. The highest BCUT2D eigenvalue weighted by atomic mass is 32.1. The van der Waals surface area contributed by atoms with Crippen LogP contribution in [-0.4, -0.2) is 37.9 Å². The molecule has 1 saturated heterocycles. The number of aromatic nitrogens is 4. The molecular weight excluding hydrogens is 394 g/mol. The highest BCUT2D eigenvalue weighted by Gasteiger charge is 2.12. The van der Waals surface area contributed by atoms with Crippen LogP contribution in [0.2, 0.25) is 0 Å². The predicted molar refractivity (Wildman–Crippen MR) is 117 cm³/mol. The van der Waals surface area contributed by atoms with Gasteiger partial charge >= 0.3 is 0 Å². The molecular formula is C22H19N7S. The quantitative estimate of drug-likeness (QED) is 0.520. The van der Waals surface area contributed by atoms with Crippen molar-refractivity contribution in [2.75, 3.05) is 18.4 Å². The second-order valence-corrected chi connectivity index (χ2v) is 8.30. The number of nitrogens with one attached hydrogen (secondary N) is 1. The third-order valence-electron chi connectivity index (χ3n) is 5.14. The maximum atomic E-state index is 8.86. The minimum absolute atomic E-state index is 0.170. The molecule has 30 heavy (non-hydrogen) atoms. The number of benzene rings is 1. The molecule has 148 valence electrons. The van der Waals surface area contributed by atoms with Crippen molar-refractivity contribution in [2.24, 2.45) is 0 Å². The molecule has 0 saturated carbocycles. The third kappa shape index (κ3) is 3.99. The first-order valence-electron chi connectivity index (χ1n) is 9.84. The summed E-state index contributed by atoms with van der Waals surface area (Å²) in [4.78, 5) is 19.7. The van der Waals surface area contributed by atoms with Crippen LogP contribution in [0, 0.1) is 11.3 Å². The Hall–Kier alpha value is -3.41. The fraction of sp³-hybridized carbons (Fsp3) is 0.227. The molecule has 1 aliphatic rings. The Morgan fingerprint density at radius 3 is 2.67 bits per heavy atom. The van der Waals surface area contributed by atoms with E-state index in [-0.39, 0.29) is 5.82 Å². The minimum Gasteiger partial charge on any atom is -0.316 e. The third-order valence-corrected chi connectivity index (χ3v) is 6.07. The van der Waals surface area contributed by atoms with Crippen LogP contribution < -0.4 is 5.32 Å². The SMILES string of the molecule is N#Cc1ncc(-c2ccc3nc(Nc4cc(CN5CCCC5)ccn4)sc3c2)cn1. The Morgan fingerprint density at radius 2 is 1.87 bits per heavy atom. The van der Waals surface area contributed by atoms with Crippen LogP contribution in [0.3, 0.4) is 0 Å². The van der Waals surface area contributed by atoms with E-state index in [1.165, 1.54) is 31.5 Å². The van der Waals surface area contributed by atoms with E-state index < -0.39 is 0 Å². The zero-order valence-electron chi connectivity index (χ0n) is 16.2. The van der Waals surface area contributed by atoms with Gasteiger partial charge in [-0.25, -0.2) is 19.9 Å². The number of thiazole rings is 1. The summed E-state index contributed by atoms with van der Waals surface area (Å²) in [6, 6.07) is 12.2. The average Bonchev–Trinajstić information content (AvgIpc) is 3.43. The van der Waals surface area contributed by atoms with Crippen LogP contribution in [0.25, 0.3) is 21.3 Å². The summed E-state index contributed by atoms with van der Waals surface area (Å²) in [6.07, 6.45) is 7.77. The number of anilines is 2. The van der Waals surface area contributed by atoms with Crippen molar-refractivity contribution in [2.45, 2.75) is 19.4 Å². The van der Waals surface area contributed by atoms with Gasteiger partial charge in [-0.1, -0.05) is 17.4 Å². The standard InChI is InChI=1S/C22H19N7S/c23-11-21-25-12-17(13-26-21)16-3-4-18-19(10-16)30-22(27-18)28-20-9-15(5-6-24-20)14-29-7-1-2-8-29/h3-6,9-10,12-13H,1-2,7-8,14H2,(H,24,27,28). The molecule has 0 atom stereocenters. The van der Waals surface area contributed by atoms with Gasteiger partial charge in [0.25, 0.3) is 0 Å². The first-order valence-corrected chi connectivity index (χ1v) is 10.7. The molecule has 8 heteroatoms. The fourth-order valence-corrected chi connectivity index (χ4v) is 4.55. The molecule has 0 spiro atoms. The summed E-state index contributed by atoms with van der Waals surface area (Å²) >= 11 is 1.58. The normalized spacial score (nSPS) is 14.1. The van der Waals surface area contributed by atoms with E-state index in [1.807, 2.05) is 24.4 Å². The van der Waals surface area contributed by atoms with Crippen LogP contribution in [0.1, 0.15) is 24.2 Å². The van der Waals surface area contributed by atoms with Gasteiger partial charge in [0.1, 0.15) is 11.9 Å². The van der Waals surface area contributed by atoms with Crippen LogP contribution in [0.15, 0.2) is 48.9 Å². The zero-order chi connectivity index (χ0) is 20.3. The monoisotopic (exact) mass is 413 g/mol. The number of nitriles is 1. The molecule has 0 unspecified atom stereocenters. The van der Waals surface area contributed by atoms with Crippen molar-refractivity contribution in [3.05, 3.63) is 60.3 Å². The van der Waals surface area contributed by atoms with Gasteiger partial charge in [-0.2, -0.15) is 5.26 Å². The molecule has 0 radical (unpaired) electrons. The smallest absolute Gasteiger partial charge is 0.232 e. The number of fused-ring (bicyclic) bond motifs is 1. The Morgan fingerprint density at radius 1 is 1.03 bits per heavy atom. The lowest BCUT2D eigenvalue weighted by atomic mass is 10.1. The lowest BCUT2D eigenvalue weighted by molar-refractivity contribution is 0.331.